The Hall–Kier alpha value is -0.900. The van der Waals surface area contributed by atoms with Crippen LogP contribution in [-0.2, 0) is 0 Å². The molecule has 2 aromatic rings. The summed E-state index contributed by atoms with van der Waals surface area (Å²) in [7, 11) is 0. The van der Waals surface area contributed by atoms with Crippen LogP contribution in [0.4, 0.5) is 0 Å². The van der Waals surface area contributed by atoms with Crippen molar-refractivity contribution in [2.75, 3.05) is 0 Å². The molecule has 10 heavy (non-hydrogen) atoms. The fraction of sp³-hybridized carbons (Fsp3) is 0. The standard InChI is InChI=1S/C6H4BrN3/c7-4-3-10-6-5(4)8-1-2-9-6/h1-3H,(H,9,10). The zero-order valence-electron chi connectivity index (χ0n) is 5.00. The van der Waals surface area contributed by atoms with Gasteiger partial charge < -0.3 is 4.98 Å². The number of hydrogen-bond donors (Lipinski definition) is 1. The van der Waals surface area contributed by atoms with E-state index in [1.54, 1.807) is 12.4 Å². The van der Waals surface area contributed by atoms with Crippen molar-refractivity contribution >= 4 is 27.1 Å². The fourth-order valence-corrected chi connectivity index (χ4v) is 1.22. The monoisotopic (exact) mass is 197 g/mol. The molecule has 2 aromatic heterocycles. The maximum absolute atomic E-state index is 4.10. The first-order valence-corrected chi connectivity index (χ1v) is 3.61. The molecule has 0 bridgehead atoms. The molecule has 0 fully saturated rings. The lowest BCUT2D eigenvalue weighted by Crippen LogP contribution is -1.76. The molecule has 0 amide bonds. The normalized spacial score (nSPS) is 10.5. The molecule has 0 spiro atoms. The first-order valence-electron chi connectivity index (χ1n) is 2.81. The Morgan fingerprint density at radius 1 is 1.30 bits per heavy atom. The summed E-state index contributed by atoms with van der Waals surface area (Å²) >= 11 is 3.33. The number of nitrogens with zero attached hydrogens (tertiary/aromatic N) is 2. The van der Waals surface area contributed by atoms with Crippen LogP contribution in [0.25, 0.3) is 11.2 Å². The van der Waals surface area contributed by atoms with Gasteiger partial charge in [-0.3, -0.25) is 4.98 Å². The second-order valence-electron chi connectivity index (χ2n) is 1.89. The highest BCUT2D eigenvalue weighted by molar-refractivity contribution is 9.10. The van der Waals surface area contributed by atoms with E-state index in [2.05, 4.69) is 30.9 Å². The first-order chi connectivity index (χ1) is 4.88. The first kappa shape index (κ1) is 5.85. The van der Waals surface area contributed by atoms with Crippen LogP contribution in [0.3, 0.4) is 0 Å². The van der Waals surface area contributed by atoms with Gasteiger partial charge in [0.1, 0.15) is 5.52 Å². The number of nitrogens with one attached hydrogen (secondary N) is 1. The van der Waals surface area contributed by atoms with Crippen molar-refractivity contribution in [1.82, 2.24) is 15.0 Å². The van der Waals surface area contributed by atoms with Crippen molar-refractivity contribution in [3.63, 3.8) is 0 Å². The molecule has 3 nitrogen and oxygen atoms in total. The van der Waals surface area contributed by atoms with Gasteiger partial charge in [-0.25, -0.2) is 4.98 Å². The Balaban J connectivity index is 2.93. The lowest BCUT2D eigenvalue weighted by molar-refractivity contribution is 1.26. The number of fused-ring (bicyclic) bond motifs is 1. The largest absolute Gasteiger partial charge is 0.344 e. The molecule has 0 saturated heterocycles. The Bertz CT molecular complexity index is 355. The molecule has 0 aliphatic heterocycles. The quantitative estimate of drug-likeness (QED) is 0.700. The Kier molecular flexibility index (Phi) is 1.20. The maximum atomic E-state index is 4.10. The van der Waals surface area contributed by atoms with E-state index >= 15 is 0 Å². The number of halogens is 1. The zero-order chi connectivity index (χ0) is 6.97. The van der Waals surface area contributed by atoms with Crippen LogP contribution in [0.15, 0.2) is 23.1 Å². The smallest absolute Gasteiger partial charge is 0.157 e. The van der Waals surface area contributed by atoms with Gasteiger partial charge in [0.15, 0.2) is 5.65 Å². The molecule has 0 saturated carbocycles. The van der Waals surface area contributed by atoms with Crippen LogP contribution in [0.5, 0.6) is 0 Å². The summed E-state index contributed by atoms with van der Waals surface area (Å²) in [5, 5.41) is 0. The minimum Gasteiger partial charge on any atom is -0.344 e. The van der Waals surface area contributed by atoms with E-state index in [4.69, 9.17) is 0 Å². The highest BCUT2D eigenvalue weighted by Crippen LogP contribution is 2.17. The van der Waals surface area contributed by atoms with Crippen molar-refractivity contribution in [3.05, 3.63) is 23.1 Å². The molecule has 50 valence electrons. The third-order valence-electron chi connectivity index (χ3n) is 1.26. The summed E-state index contributed by atoms with van der Waals surface area (Å²) in [6, 6.07) is 0. The zero-order valence-corrected chi connectivity index (χ0v) is 6.59. The summed E-state index contributed by atoms with van der Waals surface area (Å²) in [5.74, 6) is 0. The van der Waals surface area contributed by atoms with Crippen molar-refractivity contribution in [1.29, 1.82) is 0 Å². The molecule has 0 aliphatic carbocycles. The molecule has 1 N–H and O–H groups in total. The van der Waals surface area contributed by atoms with Crippen LogP contribution in [0, 0.1) is 0 Å². The van der Waals surface area contributed by atoms with Gasteiger partial charge in [-0.15, -0.1) is 0 Å². The van der Waals surface area contributed by atoms with E-state index < -0.39 is 0 Å². The lowest BCUT2D eigenvalue weighted by atomic mass is 10.5. The lowest BCUT2D eigenvalue weighted by Gasteiger charge is -1.84. The molecule has 4 heteroatoms. The minimum atomic E-state index is 0.814. The summed E-state index contributed by atoms with van der Waals surface area (Å²) in [4.78, 5) is 11.1. The van der Waals surface area contributed by atoms with E-state index in [-0.39, 0.29) is 0 Å². The SMILES string of the molecule is Brc1c[nH]c2nccnc12. The van der Waals surface area contributed by atoms with Gasteiger partial charge in [0, 0.05) is 18.6 Å². The van der Waals surface area contributed by atoms with Gasteiger partial charge >= 0.3 is 0 Å². The van der Waals surface area contributed by atoms with Gasteiger partial charge in [-0.1, -0.05) is 0 Å². The molecule has 0 unspecified atom stereocenters. The Labute approximate surface area is 65.6 Å². The molecule has 0 radical (unpaired) electrons. The third kappa shape index (κ3) is 0.724. The number of rotatable bonds is 0. The van der Waals surface area contributed by atoms with E-state index in [0.717, 1.165) is 15.6 Å². The number of H-pyrrole nitrogens is 1. The minimum absolute atomic E-state index is 0.814. The topological polar surface area (TPSA) is 41.6 Å². The Morgan fingerprint density at radius 3 is 2.90 bits per heavy atom. The molecule has 0 aliphatic rings. The summed E-state index contributed by atoms with van der Waals surface area (Å²) in [5.41, 5.74) is 1.69. The molecular formula is C6H4BrN3. The summed E-state index contributed by atoms with van der Waals surface area (Å²) in [6.07, 6.45) is 5.15. The second kappa shape index (κ2) is 2.05. The van der Waals surface area contributed by atoms with E-state index in [9.17, 15) is 0 Å². The fourth-order valence-electron chi connectivity index (χ4n) is 0.819. The molecule has 2 rings (SSSR count). The summed E-state index contributed by atoms with van der Waals surface area (Å²) < 4.78 is 0.954. The average molecular weight is 198 g/mol. The molecular weight excluding hydrogens is 194 g/mol. The van der Waals surface area contributed by atoms with Crippen LogP contribution >= 0.6 is 15.9 Å². The van der Waals surface area contributed by atoms with E-state index in [1.807, 2.05) is 6.20 Å². The van der Waals surface area contributed by atoms with Crippen LogP contribution in [0.1, 0.15) is 0 Å². The number of aromatic nitrogens is 3. The van der Waals surface area contributed by atoms with Gasteiger partial charge in [-0.05, 0) is 15.9 Å². The highest BCUT2D eigenvalue weighted by atomic mass is 79.9. The third-order valence-corrected chi connectivity index (χ3v) is 1.86. The molecule has 0 atom stereocenters. The van der Waals surface area contributed by atoms with Crippen molar-refractivity contribution < 1.29 is 0 Å². The van der Waals surface area contributed by atoms with Gasteiger partial charge in [0.05, 0.1) is 4.47 Å². The van der Waals surface area contributed by atoms with Gasteiger partial charge in [-0.2, -0.15) is 0 Å². The van der Waals surface area contributed by atoms with Crippen LogP contribution < -0.4 is 0 Å². The predicted octanol–water partition coefficient (Wildman–Crippen LogP) is 1.72. The van der Waals surface area contributed by atoms with E-state index in [1.165, 1.54) is 0 Å². The van der Waals surface area contributed by atoms with Crippen molar-refractivity contribution in [2.45, 2.75) is 0 Å². The van der Waals surface area contributed by atoms with Crippen molar-refractivity contribution in [2.24, 2.45) is 0 Å². The van der Waals surface area contributed by atoms with Crippen molar-refractivity contribution in [3.8, 4) is 0 Å². The van der Waals surface area contributed by atoms with Gasteiger partial charge in [0.2, 0.25) is 0 Å². The average Bonchev–Trinajstić information content (AvgIpc) is 2.34. The second-order valence-corrected chi connectivity index (χ2v) is 2.74. The number of hydrogen-bond acceptors (Lipinski definition) is 2. The van der Waals surface area contributed by atoms with Crippen LogP contribution in [-0.4, -0.2) is 15.0 Å². The maximum Gasteiger partial charge on any atom is 0.157 e. The molecule has 0 aromatic carbocycles. The van der Waals surface area contributed by atoms with Gasteiger partial charge in [0.25, 0.3) is 0 Å². The van der Waals surface area contributed by atoms with Crippen LogP contribution in [0.2, 0.25) is 0 Å². The Morgan fingerprint density at radius 2 is 2.10 bits per heavy atom. The van der Waals surface area contributed by atoms with E-state index in [0.29, 0.717) is 0 Å². The summed E-state index contributed by atoms with van der Waals surface area (Å²) in [6.45, 7) is 0. The number of aromatic amines is 1. The highest BCUT2D eigenvalue weighted by Gasteiger charge is 1.99. The molecule has 2 heterocycles. The predicted molar refractivity (Wildman–Crippen MR) is 41.6 cm³/mol.